The molecule has 0 atom stereocenters. The zero-order chi connectivity index (χ0) is 7.23. The molecule has 0 spiro atoms. The van der Waals surface area contributed by atoms with Gasteiger partial charge in [0, 0.05) is 11.9 Å². The molecule has 1 aliphatic heterocycles. The second kappa shape index (κ2) is 4.04. The summed E-state index contributed by atoms with van der Waals surface area (Å²) in [5, 5.41) is 0. The summed E-state index contributed by atoms with van der Waals surface area (Å²) in [4.78, 5) is 4.26. The maximum absolute atomic E-state index is 4.26. The van der Waals surface area contributed by atoms with Crippen LogP contribution in [0.15, 0.2) is 28.9 Å². The third kappa shape index (κ3) is 2.18. The molecule has 0 saturated heterocycles. The van der Waals surface area contributed by atoms with Crippen LogP contribution < -0.4 is 0 Å². The van der Waals surface area contributed by atoms with Gasteiger partial charge in [-0.05, 0) is 18.9 Å². The number of aliphatic imine (C=N–C) groups is 1. The van der Waals surface area contributed by atoms with E-state index in [1.807, 2.05) is 12.3 Å². The van der Waals surface area contributed by atoms with Gasteiger partial charge in [-0.25, -0.2) is 0 Å². The molecule has 10 heavy (non-hydrogen) atoms. The van der Waals surface area contributed by atoms with E-state index >= 15 is 0 Å². The van der Waals surface area contributed by atoms with Crippen LogP contribution in [0.2, 0.25) is 0 Å². The van der Waals surface area contributed by atoms with Crippen LogP contribution in [0.4, 0.5) is 0 Å². The molecule has 54 valence electrons. The van der Waals surface area contributed by atoms with Crippen LogP contribution in [-0.4, -0.2) is 6.21 Å². The second-order valence-corrected chi connectivity index (χ2v) is 2.39. The lowest BCUT2D eigenvalue weighted by Gasteiger charge is -1.94. The molecule has 0 aliphatic carbocycles. The average Bonchev–Trinajstić information content (AvgIpc) is 2.17. The van der Waals surface area contributed by atoms with Crippen LogP contribution in [0.3, 0.4) is 0 Å². The number of hydrogen-bond acceptors (Lipinski definition) is 1. The first-order valence-corrected chi connectivity index (χ1v) is 3.81. The molecule has 0 N–H and O–H groups in total. The van der Waals surface area contributed by atoms with Gasteiger partial charge in [0.1, 0.15) is 0 Å². The molecule has 0 aromatic carbocycles. The van der Waals surface area contributed by atoms with E-state index < -0.39 is 0 Å². The van der Waals surface area contributed by atoms with Crippen LogP contribution in [0.1, 0.15) is 26.2 Å². The Labute approximate surface area is 62.2 Å². The Balaban J connectivity index is 2.51. The minimum Gasteiger partial charge on any atom is -0.262 e. The fraction of sp³-hybridized carbons (Fsp3) is 0.444. The monoisotopic (exact) mass is 135 g/mol. The maximum Gasteiger partial charge on any atom is 0.0366 e. The van der Waals surface area contributed by atoms with Crippen LogP contribution in [0.5, 0.6) is 0 Å². The normalized spacial score (nSPS) is 16.7. The van der Waals surface area contributed by atoms with Crippen molar-refractivity contribution in [3.05, 3.63) is 23.9 Å². The molecule has 0 saturated carbocycles. The minimum atomic E-state index is 1.04. The van der Waals surface area contributed by atoms with Gasteiger partial charge in [0.2, 0.25) is 0 Å². The summed E-state index contributed by atoms with van der Waals surface area (Å²) in [5.41, 5.74) is 1.23. The Morgan fingerprint density at radius 3 is 3.30 bits per heavy atom. The highest BCUT2D eigenvalue weighted by Crippen LogP contribution is 2.08. The van der Waals surface area contributed by atoms with Gasteiger partial charge in [0.05, 0.1) is 0 Å². The fourth-order valence-electron chi connectivity index (χ4n) is 0.958. The van der Waals surface area contributed by atoms with E-state index in [2.05, 4.69) is 24.1 Å². The smallest absolute Gasteiger partial charge is 0.0366 e. The molecule has 0 unspecified atom stereocenters. The highest BCUT2D eigenvalue weighted by Gasteiger charge is 1.91. The summed E-state index contributed by atoms with van der Waals surface area (Å²) in [6, 6.07) is 0. The first-order chi connectivity index (χ1) is 4.93. The van der Waals surface area contributed by atoms with Crippen molar-refractivity contribution in [1.29, 1.82) is 0 Å². The molecule has 1 heterocycles. The number of rotatable bonds is 2. The van der Waals surface area contributed by atoms with E-state index in [0.29, 0.717) is 0 Å². The summed E-state index contributed by atoms with van der Waals surface area (Å²) < 4.78 is 0. The molecular weight excluding hydrogens is 122 g/mol. The third-order valence-corrected chi connectivity index (χ3v) is 1.46. The molecular formula is C9H13N. The van der Waals surface area contributed by atoms with Crippen molar-refractivity contribution in [2.45, 2.75) is 26.2 Å². The van der Waals surface area contributed by atoms with Crippen LogP contribution >= 0.6 is 0 Å². The molecule has 0 bridgehead atoms. The molecule has 1 rings (SSSR count). The summed E-state index contributed by atoms with van der Waals surface area (Å²) >= 11 is 0. The maximum atomic E-state index is 4.26. The predicted octanol–water partition coefficient (Wildman–Crippen LogP) is 2.70. The van der Waals surface area contributed by atoms with Gasteiger partial charge in [0.15, 0.2) is 0 Å². The SMILES string of the molecule is CCCC1=CCC=CC=N1. The van der Waals surface area contributed by atoms with Gasteiger partial charge < -0.3 is 0 Å². The number of allylic oxidation sites excluding steroid dienone is 4. The van der Waals surface area contributed by atoms with Crippen molar-refractivity contribution in [2.24, 2.45) is 4.99 Å². The summed E-state index contributed by atoms with van der Waals surface area (Å²) in [5.74, 6) is 0. The van der Waals surface area contributed by atoms with E-state index in [9.17, 15) is 0 Å². The Bertz CT molecular complexity index is 175. The fourth-order valence-corrected chi connectivity index (χ4v) is 0.958. The van der Waals surface area contributed by atoms with Crippen LogP contribution in [-0.2, 0) is 0 Å². The Morgan fingerprint density at radius 1 is 1.60 bits per heavy atom. The molecule has 1 heteroatoms. The van der Waals surface area contributed by atoms with Crippen molar-refractivity contribution >= 4 is 6.21 Å². The van der Waals surface area contributed by atoms with Crippen LogP contribution in [0, 0.1) is 0 Å². The van der Waals surface area contributed by atoms with Gasteiger partial charge in [-0.2, -0.15) is 0 Å². The molecule has 0 fully saturated rings. The van der Waals surface area contributed by atoms with E-state index in [1.165, 1.54) is 12.1 Å². The lowest BCUT2D eigenvalue weighted by atomic mass is 10.2. The average molecular weight is 135 g/mol. The minimum absolute atomic E-state index is 1.04. The molecule has 0 aromatic heterocycles. The lowest BCUT2D eigenvalue weighted by molar-refractivity contribution is 0.890. The highest BCUT2D eigenvalue weighted by molar-refractivity contribution is 5.72. The summed E-state index contributed by atoms with van der Waals surface area (Å²) in [6.07, 6.45) is 11.5. The van der Waals surface area contributed by atoms with E-state index in [4.69, 9.17) is 0 Å². The molecule has 1 nitrogen and oxygen atoms in total. The summed E-state index contributed by atoms with van der Waals surface area (Å²) in [7, 11) is 0. The molecule has 1 aliphatic rings. The molecule has 0 amide bonds. The molecule has 0 radical (unpaired) electrons. The van der Waals surface area contributed by atoms with Gasteiger partial charge in [-0.1, -0.05) is 25.5 Å². The quantitative estimate of drug-likeness (QED) is 0.552. The zero-order valence-corrected chi connectivity index (χ0v) is 6.38. The predicted molar refractivity (Wildman–Crippen MR) is 45.2 cm³/mol. The second-order valence-electron chi connectivity index (χ2n) is 2.39. The molecule has 0 aromatic rings. The van der Waals surface area contributed by atoms with Crippen molar-refractivity contribution in [2.75, 3.05) is 0 Å². The highest BCUT2D eigenvalue weighted by atomic mass is 14.7. The first kappa shape index (κ1) is 7.26. The van der Waals surface area contributed by atoms with Gasteiger partial charge in [-0.15, -0.1) is 0 Å². The summed E-state index contributed by atoms with van der Waals surface area (Å²) in [6.45, 7) is 2.18. The van der Waals surface area contributed by atoms with Gasteiger partial charge in [-0.3, -0.25) is 4.99 Å². The topological polar surface area (TPSA) is 12.4 Å². The first-order valence-electron chi connectivity index (χ1n) is 3.81. The van der Waals surface area contributed by atoms with E-state index in [0.717, 1.165) is 12.8 Å². The van der Waals surface area contributed by atoms with Crippen molar-refractivity contribution in [1.82, 2.24) is 0 Å². The van der Waals surface area contributed by atoms with Crippen molar-refractivity contribution in [3.63, 3.8) is 0 Å². The largest absolute Gasteiger partial charge is 0.262 e. The Morgan fingerprint density at radius 2 is 2.50 bits per heavy atom. The van der Waals surface area contributed by atoms with Gasteiger partial charge >= 0.3 is 0 Å². The van der Waals surface area contributed by atoms with Crippen molar-refractivity contribution in [3.8, 4) is 0 Å². The number of hydrogen-bond donors (Lipinski definition) is 0. The zero-order valence-electron chi connectivity index (χ0n) is 6.38. The van der Waals surface area contributed by atoms with Gasteiger partial charge in [0.25, 0.3) is 0 Å². The Kier molecular flexibility index (Phi) is 2.94. The van der Waals surface area contributed by atoms with E-state index in [1.54, 1.807) is 0 Å². The van der Waals surface area contributed by atoms with Crippen molar-refractivity contribution < 1.29 is 0 Å². The van der Waals surface area contributed by atoms with E-state index in [-0.39, 0.29) is 0 Å². The Hall–Kier alpha value is -0.850. The van der Waals surface area contributed by atoms with Crippen LogP contribution in [0.25, 0.3) is 0 Å². The third-order valence-electron chi connectivity index (χ3n) is 1.46. The lowest BCUT2D eigenvalue weighted by Crippen LogP contribution is -1.76. The number of nitrogens with zero attached hydrogens (tertiary/aromatic N) is 1. The standard InChI is InChI=1S/C9H13N/c1-2-6-9-7-4-3-5-8-10-9/h3,5,7-8H,2,4,6H2,1H3.